The molecule has 6 heteroatoms. The molecule has 0 saturated carbocycles. The number of rotatable bonds is 5. The summed E-state index contributed by atoms with van der Waals surface area (Å²) in [5.41, 5.74) is 3.83. The topological polar surface area (TPSA) is 46.1 Å². The van der Waals surface area contributed by atoms with Crippen molar-refractivity contribution in [3.63, 3.8) is 0 Å². The number of anilines is 1. The number of hydrogen-bond donors (Lipinski definition) is 1. The number of nitrogens with one attached hydrogen (secondary N) is 1. The Morgan fingerprint density at radius 3 is 2.62 bits per heavy atom. The predicted octanol–water partition coefficient (Wildman–Crippen LogP) is 3.50. The zero-order valence-corrected chi connectivity index (χ0v) is 17.8. The molecular formula is C20H26IN3O2. The molecular weight excluding hydrogens is 441 g/mol. The van der Waals surface area contributed by atoms with Crippen LogP contribution in [0.3, 0.4) is 0 Å². The number of benzene rings is 2. The molecule has 26 heavy (non-hydrogen) atoms. The van der Waals surface area contributed by atoms with Crippen LogP contribution in [0.1, 0.15) is 11.1 Å². The number of ether oxygens (including phenoxy) is 2. The molecule has 1 heterocycles. The summed E-state index contributed by atoms with van der Waals surface area (Å²) >= 11 is 0. The molecule has 2 aromatic rings. The summed E-state index contributed by atoms with van der Waals surface area (Å²) in [5, 5.41) is 3.47. The zero-order valence-electron chi connectivity index (χ0n) is 15.5. The number of halogens is 1. The summed E-state index contributed by atoms with van der Waals surface area (Å²) in [5.74, 6) is 2.44. The Bertz CT molecular complexity index is 764. The second kappa shape index (κ2) is 9.66. The van der Waals surface area contributed by atoms with Gasteiger partial charge in [0.25, 0.3) is 0 Å². The van der Waals surface area contributed by atoms with Gasteiger partial charge in [-0.25, -0.2) is 0 Å². The molecule has 0 bridgehead atoms. The van der Waals surface area contributed by atoms with Crippen LogP contribution in [0, 0.1) is 0 Å². The molecule has 0 aliphatic carbocycles. The molecule has 0 amide bonds. The minimum Gasteiger partial charge on any atom is -0.493 e. The molecule has 1 N–H and O–H groups in total. The van der Waals surface area contributed by atoms with Crippen LogP contribution in [-0.4, -0.2) is 40.3 Å². The number of hydrogen-bond acceptors (Lipinski definition) is 3. The number of nitrogens with zero attached hydrogens (tertiary/aromatic N) is 2. The molecule has 2 aromatic carbocycles. The maximum Gasteiger partial charge on any atom is 0.198 e. The molecule has 0 unspecified atom stereocenters. The van der Waals surface area contributed by atoms with Crippen LogP contribution < -0.4 is 19.7 Å². The Kier molecular flexibility index (Phi) is 7.56. The second-order valence-electron chi connectivity index (χ2n) is 5.94. The summed E-state index contributed by atoms with van der Waals surface area (Å²) in [6.45, 7) is 1.77. The van der Waals surface area contributed by atoms with Gasteiger partial charge in [0.1, 0.15) is 0 Å². The van der Waals surface area contributed by atoms with Crippen LogP contribution in [0.5, 0.6) is 11.5 Å². The van der Waals surface area contributed by atoms with Crippen LogP contribution in [0.4, 0.5) is 5.69 Å². The zero-order chi connectivity index (χ0) is 17.6. The Hall–Kier alpha value is -1.96. The maximum atomic E-state index is 5.37. The first-order valence-electron chi connectivity index (χ1n) is 8.54. The van der Waals surface area contributed by atoms with Crippen molar-refractivity contribution in [2.75, 3.05) is 39.3 Å². The molecule has 0 aromatic heterocycles. The molecule has 1 aliphatic rings. The van der Waals surface area contributed by atoms with Crippen molar-refractivity contribution in [3.05, 3.63) is 53.6 Å². The molecule has 5 nitrogen and oxygen atoms in total. The van der Waals surface area contributed by atoms with Gasteiger partial charge < -0.3 is 19.7 Å². The second-order valence-corrected chi connectivity index (χ2v) is 5.94. The van der Waals surface area contributed by atoms with E-state index in [1.165, 1.54) is 16.8 Å². The Balaban J connectivity index is 0.00000243. The quantitative estimate of drug-likeness (QED) is 0.416. The van der Waals surface area contributed by atoms with Crippen LogP contribution >= 0.6 is 24.0 Å². The van der Waals surface area contributed by atoms with Crippen molar-refractivity contribution in [2.24, 2.45) is 4.99 Å². The lowest BCUT2D eigenvalue weighted by atomic mass is 10.1. The average Bonchev–Trinajstić information content (AvgIpc) is 3.09. The van der Waals surface area contributed by atoms with Crippen LogP contribution in [-0.2, 0) is 12.8 Å². The highest BCUT2D eigenvalue weighted by atomic mass is 127. The van der Waals surface area contributed by atoms with Gasteiger partial charge in [-0.1, -0.05) is 24.3 Å². The van der Waals surface area contributed by atoms with Crippen LogP contribution in [0.15, 0.2) is 47.5 Å². The number of para-hydroxylation sites is 1. The van der Waals surface area contributed by atoms with Gasteiger partial charge in [-0.15, -0.1) is 24.0 Å². The van der Waals surface area contributed by atoms with Crippen molar-refractivity contribution < 1.29 is 9.47 Å². The van der Waals surface area contributed by atoms with Gasteiger partial charge >= 0.3 is 0 Å². The van der Waals surface area contributed by atoms with Gasteiger partial charge in [0, 0.05) is 25.8 Å². The van der Waals surface area contributed by atoms with Gasteiger partial charge in [0.2, 0.25) is 0 Å². The molecule has 0 spiro atoms. The third-order valence-electron chi connectivity index (χ3n) is 4.50. The smallest absolute Gasteiger partial charge is 0.198 e. The lowest BCUT2D eigenvalue weighted by molar-refractivity contribution is 0.354. The normalized spacial score (nSPS) is 13.0. The van der Waals surface area contributed by atoms with E-state index in [1.807, 2.05) is 19.2 Å². The van der Waals surface area contributed by atoms with E-state index in [0.717, 1.165) is 43.4 Å². The van der Waals surface area contributed by atoms with Crippen LogP contribution in [0.25, 0.3) is 0 Å². The van der Waals surface area contributed by atoms with Gasteiger partial charge in [-0.3, -0.25) is 4.99 Å². The molecule has 140 valence electrons. The van der Waals surface area contributed by atoms with E-state index in [4.69, 9.17) is 9.47 Å². The van der Waals surface area contributed by atoms with Crippen LogP contribution in [0.2, 0.25) is 0 Å². The van der Waals surface area contributed by atoms with Gasteiger partial charge in [-0.05, 0) is 42.2 Å². The van der Waals surface area contributed by atoms with E-state index in [-0.39, 0.29) is 24.0 Å². The standard InChI is InChI=1S/C20H25N3O2.HI/c1-21-20(23-13-11-16-6-4-5-7-17(16)23)22-12-10-15-8-9-18(24-2)19(14-15)25-3;/h4-9,14H,10-13H2,1-3H3,(H,21,22);1H. The summed E-state index contributed by atoms with van der Waals surface area (Å²) < 4.78 is 10.7. The number of guanidine groups is 1. The molecule has 0 radical (unpaired) electrons. The molecule has 3 rings (SSSR count). The lowest BCUT2D eigenvalue weighted by Gasteiger charge is -2.22. The first kappa shape index (κ1) is 20.4. The third kappa shape index (κ3) is 4.41. The van der Waals surface area contributed by atoms with E-state index in [0.29, 0.717) is 0 Å². The first-order valence-corrected chi connectivity index (χ1v) is 8.54. The molecule has 0 fully saturated rings. The fraction of sp³-hybridized carbons (Fsp3) is 0.350. The first-order chi connectivity index (χ1) is 12.3. The highest BCUT2D eigenvalue weighted by Gasteiger charge is 2.22. The van der Waals surface area contributed by atoms with Gasteiger partial charge in [-0.2, -0.15) is 0 Å². The molecule has 0 atom stereocenters. The fourth-order valence-electron chi connectivity index (χ4n) is 3.21. The van der Waals surface area contributed by atoms with Crippen molar-refractivity contribution in [2.45, 2.75) is 12.8 Å². The fourth-order valence-corrected chi connectivity index (χ4v) is 3.21. The highest BCUT2D eigenvalue weighted by Crippen LogP contribution is 2.28. The monoisotopic (exact) mass is 467 g/mol. The molecule has 0 saturated heterocycles. The number of aliphatic imine (C=N–C) groups is 1. The number of methoxy groups -OCH3 is 2. The van der Waals surface area contributed by atoms with E-state index in [1.54, 1.807) is 14.2 Å². The largest absolute Gasteiger partial charge is 0.493 e. The van der Waals surface area contributed by atoms with Gasteiger partial charge in [0.15, 0.2) is 17.5 Å². The summed E-state index contributed by atoms with van der Waals surface area (Å²) in [4.78, 5) is 6.70. The number of fused-ring (bicyclic) bond motifs is 1. The van der Waals surface area contributed by atoms with Crippen molar-refractivity contribution >= 4 is 35.6 Å². The average molecular weight is 467 g/mol. The minimum atomic E-state index is 0. The van der Waals surface area contributed by atoms with E-state index in [2.05, 4.69) is 45.5 Å². The highest BCUT2D eigenvalue weighted by molar-refractivity contribution is 14.0. The Morgan fingerprint density at radius 1 is 1.12 bits per heavy atom. The Labute approximate surface area is 172 Å². The summed E-state index contributed by atoms with van der Waals surface area (Å²) in [6.07, 6.45) is 1.95. The van der Waals surface area contributed by atoms with Crippen molar-refractivity contribution in [3.8, 4) is 11.5 Å². The third-order valence-corrected chi connectivity index (χ3v) is 4.50. The summed E-state index contributed by atoms with van der Waals surface area (Å²) in [6, 6.07) is 14.5. The minimum absolute atomic E-state index is 0. The SMILES string of the molecule is CN=C(NCCc1ccc(OC)c(OC)c1)N1CCc2ccccc21.I. The van der Waals surface area contributed by atoms with E-state index in [9.17, 15) is 0 Å². The molecule has 1 aliphatic heterocycles. The van der Waals surface area contributed by atoms with E-state index < -0.39 is 0 Å². The lowest BCUT2D eigenvalue weighted by Crippen LogP contribution is -2.41. The summed E-state index contributed by atoms with van der Waals surface area (Å²) in [7, 11) is 5.14. The Morgan fingerprint density at radius 2 is 1.88 bits per heavy atom. The van der Waals surface area contributed by atoms with E-state index >= 15 is 0 Å². The van der Waals surface area contributed by atoms with Gasteiger partial charge in [0.05, 0.1) is 14.2 Å². The van der Waals surface area contributed by atoms with Crippen molar-refractivity contribution in [1.82, 2.24) is 5.32 Å². The maximum absolute atomic E-state index is 5.37. The predicted molar refractivity (Wildman–Crippen MR) is 118 cm³/mol. The van der Waals surface area contributed by atoms with Crippen molar-refractivity contribution in [1.29, 1.82) is 0 Å².